The summed E-state index contributed by atoms with van der Waals surface area (Å²) < 4.78 is 13.3. The number of anilines is 1. The average Bonchev–Trinajstić information content (AvgIpc) is 2.18. The smallest absolute Gasteiger partial charge is 0.149 e. The van der Waals surface area contributed by atoms with Crippen molar-refractivity contribution in [3.8, 4) is 11.1 Å². The van der Waals surface area contributed by atoms with Crippen LogP contribution in [-0.4, -0.2) is 9.97 Å². The molecule has 2 heterocycles. The maximum Gasteiger partial charge on any atom is 0.149 e. The molecule has 2 aromatic rings. The summed E-state index contributed by atoms with van der Waals surface area (Å²) in [6.45, 7) is 0. The average molecular weight is 189 g/mol. The Morgan fingerprint density at radius 2 is 2.07 bits per heavy atom. The largest absolute Gasteiger partial charge is 0.384 e. The van der Waals surface area contributed by atoms with Crippen LogP contribution in [0.3, 0.4) is 0 Å². The van der Waals surface area contributed by atoms with Crippen molar-refractivity contribution < 1.29 is 4.39 Å². The zero-order valence-corrected chi connectivity index (χ0v) is 7.31. The molecule has 2 rings (SSSR count). The van der Waals surface area contributed by atoms with Crippen molar-refractivity contribution >= 4 is 5.82 Å². The number of nitrogen functional groups attached to an aromatic ring is 1. The number of rotatable bonds is 1. The molecule has 0 spiro atoms. The van der Waals surface area contributed by atoms with Gasteiger partial charge < -0.3 is 5.73 Å². The van der Waals surface area contributed by atoms with Crippen molar-refractivity contribution in [3.63, 3.8) is 0 Å². The molecule has 3 nitrogen and oxygen atoms in total. The Kier molecular flexibility index (Phi) is 2.10. The SMILES string of the molecule is Nc1cc(-c2ccncc2F)ccn1. The van der Waals surface area contributed by atoms with Gasteiger partial charge in [-0.05, 0) is 23.8 Å². The van der Waals surface area contributed by atoms with Crippen LogP contribution in [0.4, 0.5) is 10.2 Å². The maximum atomic E-state index is 13.3. The molecule has 0 saturated heterocycles. The Labute approximate surface area is 80.4 Å². The zero-order valence-electron chi connectivity index (χ0n) is 7.31. The molecule has 70 valence electrons. The minimum atomic E-state index is -0.363. The number of halogens is 1. The van der Waals surface area contributed by atoms with Crippen LogP contribution in [0.15, 0.2) is 36.8 Å². The lowest BCUT2D eigenvalue weighted by Gasteiger charge is -2.02. The summed E-state index contributed by atoms with van der Waals surface area (Å²) in [4.78, 5) is 7.51. The molecule has 4 heteroatoms. The Morgan fingerprint density at radius 1 is 1.21 bits per heavy atom. The van der Waals surface area contributed by atoms with Gasteiger partial charge in [-0.2, -0.15) is 0 Å². The highest BCUT2D eigenvalue weighted by Crippen LogP contribution is 2.21. The first-order valence-corrected chi connectivity index (χ1v) is 4.09. The minimum Gasteiger partial charge on any atom is -0.384 e. The summed E-state index contributed by atoms with van der Waals surface area (Å²) in [5, 5.41) is 0. The Balaban J connectivity index is 2.55. The van der Waals surface area contributed by atoms with E-state index in [1.54, 1.807) is 24.4 Å². The van der Waals surface area contributed by atoms with Crippen LogP contribution in [0.5, 0.6) is 0 Å². The number of pyridine rings is 2. The Morgan fingerprint density at radius 3 is 2.79 bits per heavy atom. The van der Waals surface area contributed by atoms with Gasteiger partial charge in [-0.25, -0.2) is 9.37 Å². The van der Waals surface area contributed by atoms with Gasteiger partial charge in [0.2, 0.25) is 0 Å². The van der Waals surface area contributed by atoms with Gasteiger partial charge >= 0.3 is 0 Å². The number of nitrogens with two attached hydrogens (primary N) is 1. The lowest BCUT2D eigenvalue weighted by Crippen LogP contribution is -1.91. The molecule has 2 aromatic heterocycles. The predicted octanol–water partition coefficient (Wildman–Crippen LogP) is 1.86. The van der Waals surface area contributed by atoms with E-state index in [1.807, 2.05) is 0 Å². The van der Waals surface area contributed by atoms with Gasteiger partial charge in [0, 0.05) is 18.0 Å². The number of hydrogen-bond acceptors (Lipinski definition) is 3. The number of aromatic nitrogens is 2. The van der Waals surface area contributed by atoms with Crippen molar-refractivity contribution in [2.24, 2.45) is 0 Å². The van der Waals surface area contributed by atoms with Crippen molar-refractivity contribution in [2.45, 2.75) is 0 Å². The molecule has 14 heavy (non-hydrogen) atoms. The van der Waals surface area contributed by atoms with Gasteiger partial charge in [0.25, 0.3) is 0 Å². The summed E-state index contributed by atoms with van der Waals surface area (Å²) in [5.74, 6) is 0.0109. The molecule has 0 bridgehead atoms. The van der Waals surface area contributed by atoms with E-state index < -0.39 is 0 Å². The van der Waals surface area contributed by atoms with Crippen LogP contribution < -0.4 is 5.73 Å². The Bertz CT molecular complexity index is 457. The molecule has 0 fully saturated rings. The van der Waals surface area contributed by atoms with Crippen LogP contribution in [0.1, 0.15) is 0 Å². The van der Waals surface area contributed by atoms with E-state index in [1.165, 1.54) is 12.4 Å². The van der Waals surface area contributed by atoms with Crippen LogP contribution in [0, 0.1) is 5.82 Å². The fourth-order valence-corrected chi connectivity index (χ4v) is 1.23. The van der Waals surface area contributed by atoms with Gasteiger partial charge in [-0.3, -0.25) is 4.98 Å². The second kappa shape index (κ2) is 3.41. The van der Waals surface area contributed by atoms with E-state index in [2.05, 4.69) is 9.97 Å². The fraction of sp³-hybridized carbons (Fsp3) is 0. The molecule has 0 radical (unpaired) electrons. The topological polar surface area (TPSA) is 51.8 Å². The summed E-state index contributed by atoms with van der Waals surface area (Å²) in [6.07, 6.45) is 4.26. The third-order valence-electron chi connectivity index (χ3n) is 1.86. The standard InChI is InChI=1S/C10H8FN3/c11-9-6-13-3-2-8(9)7-1-4-14-10(12)5-7/h1-6H,(H2,12,14). The number of hydrogen-bond donors (Lipinski definition) is 1. The van der Waals surface area contributed by atoms with E-state index in [-0.39, 0.29) is 5.82 Å². The number of nitrogens with zero attached hydrogens (tertiary/aromatic N) is 2. The van der Waals surface area contributed by atoms with Gasteiger partial charge in [-0.1, -0.05) is 0 Å². The van der Waals surface area contributed by atoms with Crippen molar-refractivity contribution in [3.05, 3.63) is 42.6 Å². The molecular weight excluding hydrogens is 181 g/mol. The van der Waals surface area contributed by atoms with Crippen LogP contribution in [-0.2, 0) is 0 Å². The van der Waals surface area contributed by atoms with Crippen molar-refractivity contribution in [1.82, 2.24) is 9.97 Å². The van der Waals surface area contributed by atoms with E-state index in [0.717, 1.165) is 0 Å². The quantitative estimate of drug-likeness (QED) is 0.744. The molecule has 2 N–H and O–H groups in total. The molecule has 0 aliphatic rings. The third-order valence-corrected chi connectivity index (χ3v) is 1.86. The van der Waals surface area contributed by atoms with Gasteiger partial charge in [0.05, 0.1) is 6.20 Å². The molecular formula is C10H8FN3. The monoisotopic (exact) mass is 189 g/mol. The highest BCUT2D eigenvalue weighted by Gasteiger charge is 2.04. The third kappa shape index (κ3) is 1.54. The van der Waals surface area contributed by atoms with Gasteiger partial charge in [0.15, 0.2) is 0 Å². The van der Waals surface area contributed by atoms with Crippen LogP contribution in [0.25, 0.3) is 11.1 Å². The molecule has 0 aliphatic heterocycles. The first-order chi connectivity index (χ1) is 6.77. The van der Waals surface area contributed by atoms with E-state index in [4.69, 9.17) is 5.73 Å². The maximum absolute atomic E-state index is 13.3. The second-order valence-corrected chi connectivity index (χ2v) is 2.82. The van der Waals surface area contributed by atoms with Crippen LogP contribution in [0.2, 0.25) is 0 Å². The summed E-state index contributed by atoms with van der Waals surface area (Å²) >= 11 is 0. The molecule has 0 amide bonds. The lowest BCUT2D eigenvalue weighted by atomic mass is 10.1. The zero-order chi connectivity index (χ0) is 9.97. The second-order valence-electron chi connectivity index (χ2n) is 2.82. The van der Waals surface area contributed by atoms with Crippen LogP contribution >= 0.6 is 0 Å². The van der Waals surface area contributed by atoms with E-state index in [9.17, 15) is 4.39 Å². The van der Waals surface area contributed by atoms with Crippen molar-refractivity contribution in [1.29, 1.82) is 0 Å². The lowest BCUT2D eigenvalue weighted by molar-refractivity contribution is 0.625. The molecule has 0 saturated carbocycles. The van der Waals surface area contributed by atoms with E-state index >= 15 is 0 Å². The van der Waals surface area contributed by atoms with Gasteiger partial charge in [-0.15, -0.1) is 0 Å². The first kappa shape index (κ1) is 8.62. The Hall–Kier alpha value is -1.97. The van der Waals surface area contributed by atoms with Crippen molar-refractivity contribution in [2.75, 3.05) is 5.73 Å². The highest BCUT2D eigenvalue weighted by atomic mass is 19.1. The molecule has 0 atom stereocenters. The van der Waals surface area contributed by atoms with Gasteiger partial charge in [0.1, 0.15) is 11.6 Å². The summed E-state index contributed by atoms with van der Waals surface area (Å²) in [7, 11) is 0. The van der Waals surface area contributed by atoms with E-state index in [0.29, 0.717) is 16.9 Å². The molecule has 0 unspecified atom stereocenters. The normalized spacial score (nSPS) is 10.1. The highest BCUT2D eigenvalue weighted by molar-refractivity contribution is 5.65. The predicted molar refractivity (Wildman–Crippen MR) is 51.8 cm³/mol. The fourth-order valence-electron chi connectivity index (χ4n) is 1.23. The molecule has 0 aliphatic carbocycles. The molecule has 0 aromatic carbocycles. The minimum absolute atomic E-state index is 0.363. The summed E-state index contributed by atoms with van der Waals surface area (Å²) in [6, 6.07) is 4.93. The summed E-state index contributed by atoms with van der Waals surface area (Å²) in [5.41, 5.74) is 6.68. The first-order valence-electron chi connectivity index (χ1n) is 4.09.